The van der Waals surface area contributed by atoms with Gasteiger partial charge in [0.15, 0.2) is 0 Å². The van der Waals surface area contributed by atoms with Crippen molar-refractivity contribution in [3.05, 3.63) is 35.3 Å². The van der Waals surface area contributed by atoms with E-state index in [1.807, 2.05) is 30.3 Å². The number of esters is 2. The number of carbonyl (C=O) groups is 2. The molecular weight excluding hydrogens is 304 g/mol. The fourth-order valence-electron chi connectivity index (χ4n) is 1.80. The minimum absolute atomic E-state index is 0.180. The highest BCUT2D eigenvalue weighted by Gasteiger charge is 2.35. The van der Waals surface area contributed by atoms with Gasteiger partial charge in [0.1, 0.15) is 10.0 Å². The van der Waals surface area contributed by atoms with E-state index in [0.29, 0.717) is 5.01 Å². The van der Waals surface area contributed by atoms with E-state index in [-0.39, 0.29) is 18.2 Å². The third kappa shape index (κ3) is 3.67. The lowest BCUT2D eigenvalue weighted by molar-refractivity contribution is -0.156. The molecule has 0 radical (unpaired) electrons. The summed E-state index contributed by atoms with van der Waals surface area (Å²) in [6.45, 7) is 3.71. The highest BCUT2D eigenvalue weighted by molar-refractivity contribution is 7.15. The summed E-state index contributed by atoms with van der Waals surface area (Å²) in [7, 11) is 0. The molecule has 0 saturated carbocycles. The topological polar surface area (TPSA) is 78.4 Å². The molecule has 0 aliphatic heterocycles. The van der Waals surface area contributed by atoms with Gasteiger partial charge in [-0.1, -0.05) is 41.7 Å². The number of hydrogen-bond donors (Lipinski definition) is 0. The van der Waals surface area contributed by atoms with E-state index in [9.17, 15) is 9.59 Å². The average Bonchev–Trinajstić information content (AvgIpc) is 2.98. The van der Waals surface area contributed by atoms with Crippen LogP contribution >= 0.6 is 11.3 Å². The Balaban J connectivity index is 2.30. The summed E-state index contributed by atoms with van der Waals surface area (Å²) in [4.78, 5) is 24.0. The molecule has 0 fully saturated rings. The lowest BCUT2D eigenvalue weighted by Gasteiger charge is -2.11. The summed E-state index contributed by atoms with van der Waals surface area (Å²) in [6, 6.07) is 9.42. The molecule has 0 aliphatic carbocycles. The summed E-state index contributed by atoms with van der Waals surface area (Å²) < 4.78 is 9.88. The minimum atomic E-state index is -1.19. The predicted octanol–water partition coefficient (Wildman–Crippen LogP) is 2.41. The van der Waals surface area contributed by atoms with Gasteiger partial charge in [0.05, 0.1) is 13.2 Å². The van der Waals surface area contributed by atoms with Crippen LogP contribution in [0.1, 0.15) is 24.8 Å². The Bertz CT molecular complexity index is 624. The molecule has 1 heterocycles. The van der Waals surface area contributed by atoms with Gasteiger partial charge in [0, 0.05) is 5.56 Å². The van der Waals surface area contributed by atoms with Crippen LogP contribution in [0.3, 0.4) is 0 Å². The van der Waals surface area contributed by atoms with Crippen LogP contribution in [-0.2, 0) is 19.1 Å². The Morgan fingerprint density at radius 1 is 1.05 bits per heavy atom. The highest BCUT2D eigenvalue weighted by atomic mass is 32.1. The first-order valence-electron chi connectivity index (χ1n) is 6.89. The molecular formula is C15H16N2O4S. The Hall–Kier alpha value is -2.28. The number of aromatic nitrogens is 2. The largest absolute Gasteiger partial charge is 0.465 e. The van der Waals surface area contributed by atoms with Gasteiger partial charge >= 0.3 is 11.9 Å². The Kier molecular flexibility index (Phi) is 5.60. The highest BCUT2D eigenvalue weighted by Crippen LogP contribution is 2.29. The molecule has 0 unspecified atom stereocenters. The van der Waals surface area contributed by atoms with Crippen LogP contribution in [0.15, 0.2) is 30.3 Å². The molecule has 0 N–H and O–H groups in total. The summed E-state index contributed by atoms with van der Waals surface area (Å²) in [6.07, 6.45) is 0. The Morgan fingerprint density at radius 3 is 2.18 bits per heavy atom. The Labute approximate surface area is 132 Å². The molecule has 2 rings (SSSR count). The molecule has 7 heteroatoms. The SMILES string of the molecule is CCOC(=O)C(C(=O)OCC)c1nnc(-c2ccccc2)s1. The van der Waals surface area contributed by atoms with Gasteiger partial charge in [-0.25, -0.2) is 0 Å². The second-order valence-corrected chi connectivity index (χ2v) is 5.26. The van der Waals surface area contributed by atoms with Crippen LogP contribution in [0.25, 0.3) is 10.6 Å². The van der Waals surface area contributed by atoms with Crippen molar-refractivity contribution in [2.75, 3.05) is 13.2 Å². The monoisotopic (exact) mass is 320 g/mol. The van der Waals surface area contributed by atoms with Crippen molar-refractivity contribution in [3.8, 4) is 10.6 Å². The third-order valence-corrected chi connectivity index (χ3v) is 3.79. The zero-order valence-electron chi connectivity index (χ0n) is 12.3. The zero-order valence-corrected chi connectivity index (χ0v) is 13.1. The van der Waals surface area contributed by atoms with Crippen molar-refractivity contribution < 1.29 is 19.1 Å². The lowest BCUT2D eigenvalue weighted by Crippen LogP contribution is -2.26. The standard InChI is InChI=1S/C15H16N2O4S/c1-3-20-14(18)11(15(19)21-4-2)13-17-16-12(22-13)10-8-6-5-7-9-10/h5-9,11H,3-4H2,1-2H3. The van der Waals surface area contributed by atoms with Gasteiger partial charge in [-0.3, -0.25) is 9.59 Å². The maximum absolute atomic E-state index is 12.0. The molecule has 22 heavy (non-hydrogen) atoms. The van der Waals surface area contributed by atoms with Gasteiger partial charge in [0.2, 0.25) is 5.92 Å². The first-order chi connectivity index (χ1) is 10.7. The maximum Gasteiger partial charge on any atom is 0.327 e. The van der Waals surface area contributed by atoms with Crippen molar-refractivity contribution in [2.24, 2.45) is 0 Å². The van der Waals surface area contributed by atoms with Crippen molar-refractivity contribution in [1.29, 1.82) is 0 Å². The average molecular weight is 320 g/mol. The number of rotatable bonds is 6. The lowest BCUT2D eigenvalue weighted by atomic mass is 10.1. The first-order valence-corrected chi connectivity index (χ1v) is 7.71. The molecule has 1 aromatic carbocycles. The molecule has 0 atom stereocenters. The van der Waals surface area contributed by atoms with E-state index < -0.39 is 17.9 Å². The van der Waals surface area contributed by atoms with Crippen LogP contribution in [0.2, 0.25) is 0 Å². The van der Waals surface area contributed by atoms with Gasteiger partial charge < -0.3 is 9.47 Å². The van der Waals surface area contributed by atoms with Gasteiger partial charge in [-0.05, 0) is 13.8 Å². The second kappa shape index (κ2) is 7.65. The molecule has 0 aliphatic rings. The molecule has 1 aromatic heterocycles. The fourth-order valence-corrected chi connectivity index (χ4v) is 2.72. The van der Waals surface area contributed by atoms with Crippen molar-refractivity contribution in [2.45, 2.75) is 19.8 Å². The molecule has 0 amide bonds. The number of carbonyl (C=O) groups excluding carboxylic acids is 2. The molecule has 0 saturated heterocycles. The van der Waals surface area contributed by atoms with E-state index >= 15 is 0 Å². The van der Waals surface area contributed by atoms with E-state index in [4.69, 9.17) is 9.47 Å². The van der Waals surface area contributed by atoms with Crippen molar-refractivity contribution in [3.63, 3.8) is 0 Å². The summed E-state index contributed by atoms with van der Waals surface area (Å²) in [5.74, 6) is -2.52. The first kappa shape index (κ1) is 16.1. The second-order valence-electron chi connectivity index (χ2n) is 4.25. The smallest absolute Gasteiger partial charge is 0.327 e. The van der Waals surface area contributed by atoms with Crippen molar-refractivity contribution >= 4 is 23.3 Å². The van der Waals surface area contributed by atoms with E-state index in [1.54, 1.807) is 13.8 Å². The maximum atomic E-state index is 12.0. The van der Waals surface area contributed by atoms with Crippen LogP contribution in [-0.4, -0.2) is 35.3 Å². The summed E-state index contributed by atoms with van der Waals surface area (Å²) >= 11 is 1.18. The van der Waals surface area contributed by atoms with E-state index in [0.717, 1.165) is 5.56 Å². The van der Waals surface area contributed by atoms with E-state index in [1.165, 1.54) is 11.3 Å². The van der Waals surface area contributed by atoms with Crippen LogP contribution in [0, 0.1) is 0 Å². The van der Waals surface area contributed by atoms with Gasteiger partial charge in [-0.2, -0.15) is 0 Å². The van der Waals surface area contributed by atoms with Gasteiger partial charge in [-0.15, -0.1) is 10.2 Å². The molecule has 2 aromatic rings. The van der Waals surface area contributed by atoms with Crippen LogP contribution in [0.5, 0.6) is 0 Å². The van der Waals surface area contributed by atoms with Gasteiger partial charge in [0.25, 0.3) is 0 Å². The normalized spacial score (nSPS) is 10.5. The number of benzene rings is 1. The predicted molar refractivity (Wildman–Crippen MR) is 81.4 cm³/mol. The number of hydrogen-bond acceptors (Lipinski definition) is 7. The quantitative estimate of drug-likeness (QED) is 0.601. The van der Waals surface area contributed by atoms with E-state index in [2.05, 4.69) is 10.2 Å². The molecule has 0 bridgehead atoms. The van der Waals surface area contributed by atoms with Crippen LogP contribution in [0.4, 0.5) is 0 Å². The molecule has 116 valence electrons. The summed E-state index contributed by atoms with van der Waals surface area (Å²) in [5, 5.41) is 8.92. The number of nitrogens with zero attached hydrogens (tertiary/aromatic N) is 2. The Morgan fingerprint density at radius 2 is 1.64 bits per heavy atom. The molecule has 0 spiro atoms. The molecule has 6 nitrogen and oxygen atoms in total. The summed E-state index contributed by atoms with van der Waals surface area (Å²) in [5.41, 5.74) is 0.873. The van der Waals surface area contributed by atoms with Crippen LogP contribution < -0.4 is 0 Å². The zero-order chi connectivity index (χ0) is 15.9. The number of ether oxygens (including phenoxy) is 2. The fraction of sp³-hybridized carbons (Fsp3) is 0.333. The van der Waals surface area contributed by atoms with Crippen molar-refractivity contribution in [1.82, 2.24) is 10.2 Å². The third-order valence-electron chi connectivity index (χ3n) is 2.75. The minimum Gasteiger partial charge on any atom is -0.465 e.